The van der Waals surface area contributed by atoms with Crippen molar-refractivity contribution >= 4 is 10.8 Å². The molecule has 2 unspecified atom stereocenters. The van der Waals surface area contributed by atoms with Crippen LogP contribution in [0.4, 0.5) is 0 Å². The predicted molar refractivity (Wildman–Crippen MR) is 129 cm³/mol. The van der Waals surface area contributed by atoms with E-state index in [-0.39, 0.29) is 0 Å². The fourth-order valence-electron chi connectivity index (χ4n) is 5.88. The number of benzene rings is 2. The first-order chi connectivity index (χ1) is 14.7. The molecule has 1 aliphatic heterocycles. The molecule has 2 aromatic carbocycles. The van der Waals surface area contributed by atoms with Gasteiger partial charge in [-0.1, -0.05) is 82.6 Å². The highest BCUT2D eigenvalue weighted by Gasteiger charge is 2.24. The van der Waals surface area contributed by atoms with Crippen molar-refractivity contribution in [2.75, 3.05) is 20.2 Å². The van der Waals surface area contributed by atoms with E-state index in [2.05, 4.69) is 48.2 Å². The largest absolute Gasteiger partial charge is 0.497 e. The standard InChI is InChI=1S/C28H41NO/c1-22(24-14-15-26-20-28(30-2)17-16-25(26)19-24)21-29-18-7-6-12-27(29)13-8-11-23-9-4-3-5-10-23/h14-17,19-20,22-23,27H,3-13,18,21H2,1-2H3. The summed E-state index contributed by atoms with van der Waals surface area (Å²) in [7, 11) is 1.74. The van der Waals surface area contributed by atoms with Crippen LogP contribution in [-0.2, 0) is 0 Å². The molecule has 2 nitrogen and oxygen atoms in total. The zero-order valence-corrected chi connectivity index (χ0v) is 19.2. The summed E-state index contributed by atoms with van der Waals surface area (Å²) in [5, 5.41) is 2.59. The van der Waals surface area contributed by atoms with E-state index in [0.29, 0.717) is 5.92 Å². The van der Waals surface area contributed by atoms with Crippen molar-refractivity contribution in [3.05, 3.63) is 42.0 Å². The minimum absolute atomic E-state index is 0.579. The average Bonchev–Trinajstić information content (AvgIpc) is 2.80. The molecular formula is C28H41NO. The maximum Gasteiger partial charge on any atom is 0.119 e. The molecular weight excluding hydrogens is 366 g/mol. The summed E-state index contributed by atoms with van der Waals surface area (Å²) in [6, 6.07) is 14.2. The number of hydrogen-bond acceptors (Lipinski definition) is 2. The minimum atomic E-state index is 0.579. The molecule has 0 bridgehead atoms. The molecule has 2 atom stereocenters. The Labute approximate surface area is 184 Å². The summed E-state index contributed by atoms with van der Waals surface area (Å²) in [4.78, 5) is 2.83. The minimum Gasteiger partial charge on any atom is -0.497 e. The Morgan fingerprint density at radius 3 is 2.50 bits per heavy atom. The van der Waals surface area contributed by atoms with Crippen LogP contribution >= 0.6 is 0 Å². The Morgan fingerprint density at radius 1 is 0.900 bits per heavy atom. The predicted octanol–water partition coefficient (Wildman–Crippen LogP) is 7.56. The second-order valence-electron chi connectivity index (χ2n) is 9.95. The summed E-state index contributed by atoms with van der Waals surface area (Å²) in [6.45, 7) is 4.91. The highest BCUT2D eigenvalue weighted by molar-refractivity contribution is 5.84. The van der Waals surface area contributed by atoms with Crippen molar-refractivity contribution in [2.45, 2.75) is 89.5 Å². The molecule has 2 fully saturated rings. The number of likely N-dealkylation sites (tertiary alicyclic amines) is 1. The van der Waals surface area contributed by atoms with E-state index in [4.69, 9.17) is 4.74 Å². The van der Waals surface area contributed by atoms with Gasteiger partial charge in [0, 0.05) is 12.6 Å². The van der Waals surface area contributed by atoms with E-state index in [1.165, 1.54) is 100 Å². The van der Waals surface area contributed by atoms with Crippen molar-refractivity contribution in [3.63, 3.8) is 0 Å². The highest BCUT2D eigenvalue weighted by Crippen LogP contribution is 2.31. The molecule has 2 aliphatic rings. The van der Waals surface area contributed by atoms with E-state index < -0.39 is 0 Å². The topological polar surface area (TPSA) is 12.5 Å². The Morgan fingerprint density at radius 2 is 1.67 bits per heavy atom. The Bertz CT molecular complexity index is 794. The van der Waals surface area contributed by atoms with Crippen LogP contribution in [0.3, 0.4) is 0 Å². The van der Waals surface area contributed by atoms with E-state index in [1.54, 1.807) is 7.11 Å². The fraction of sp³-hybridized carbons (Fsp3) is 0.643. The molecule has 0 aromatic heterocycles. The zero-order chi connectivity index (χ0) is 20.8. The molecule has 0 radical (unpaired) electrons. The third-order valence-electron chi connectivity index (χ3n) is 7.77. The molecule has 0 N–H and O–H groups in total. The van der Waals surface area contributed by atoms with Gasteiger partial charge in [0.1, 0.15) is 5.75 Å². The lowest BCUT2D eigenvalue weighted by Gasteiger charge is -2.38. The number of rotatable bonds is 8. The third-order valence-corrected chi connectivity index (χ3v) is 7.77. The lowest BCUT2D eigenvalue weighted by atomic mass is 9.84. The Hall–Kier alpha value is -1.54. The molecule has 1 aliphatic carbocycles. The fourth-order valence-corrected chi connectivity index (χ4v) is 5.88. The van der Waals surface area contributed by atoms with E-state index in [0.717, 1.165) is 17.7 Å². The van der Waals surface area contributed by atoms with Gasteiger partial charge in [-0.25, -0.2) is 0 Å². The molecule has 2 heteroatoms. The van der Waals surface area contributed by atoms with Gasteiger partial charge >= 0.3 is 0 Å². The van der Waals surface area contributed by atoms with Crippen LogP contribution in [0, 0.1) is 5.92 Å². The average molecular weight is 408 g/mol. The molecule has 0 spiro atoms. The highest BCUT2D eigenvalue weighted by atomic mass is 16.5. The van der Waals surface area contributed by atoms with Crippen LogP contribution in [0.1, 0.15) is 89.0 Å². The molecule has 1 saturated carbocycles. The van der Waals surface area contributed by atoms with Crippen LogP contribution in [0.5, 0.6) is 5.75 Å². The summed E-state index contributed by atoms with van der Waals surface area (Å²) < 4.78 is 5.38. The van der Waals surface area contributed by atoms with Crippen molar-refractivity contribution in [2.24, 2.45) is 5.92 Å². The van der Waals surface area contributed by atoms with Gasteiger partial charge in [-0.2, -0.15) is 0 Å². The quantitative estimate of drug-likeness (QED) is 0.448. The number of methoxy groups -OCH3 is 1. The van der Waals surface area contributed by atoms with Crippen molar-refractivity contribution in [1.29, 1.82) is 0 Å². The SMILES string of the molecule is COc1ccc2cc(C(C)CN3CCCCC3CCCC3CCCCC3)ccc2c1. The van der Waals surface area contributed by atoms with Crippen LogP contribution in [-0.4, -0.2) is 31.1 Å². The first-order valence-corrected chi connectivity index (χ1v) is 12.5. The van der Waals surface area contributed by atoms with E-state index in [9.17, 15) is 0 Å². The molecule has 1 saturated heterocycles. The molecule has 1 heterocycles. The summed E-state index contributed by atoms with van der Waals surface area (Å²) in [6.07, 6.45) is 16.0. The molecule has 30 heavy (non-hydrogen) atoms. The lowest BCUT2D eigenvalue weighted by molar-refractivity contribution is 0.129. The van der Waals surface area contributed by atoms with Gasteiger partial charge in [0.2, 0.25) is 0 Å². The maximum absolute atomic E-state index is 5.38. The first-order valence-electron chi connectivity index (χ1n) is 12.5. The number of nitrogens with zero attached hydrogens (tertiary/aromatic N) is 1. The molecule has 4 rings (SSSR count). The second-order valence-corrected chi connectivity index (χ2v) is 9.95. The second kappa shape index (κ2) is 10.7. The van der Waals surface area contributed by atoms with E-state index >= 15 is 0 Å². The summed E-state index contributed by atoms with van der Waals surface area (Å²) in [5.41, 5.74) is 1.47. The van der Waals surface area contributed by atoms with Gasteiger partial charge in [-0.15, -0.1) is 0 Å². The number of hydrogen-bond donors (Lipinski definition) is 0. The first kappa shape index (κ1) is 21.7. The van der Waals surface area contributed by atoms with Gasteiger partial charge in [0.25, 0.3) is 0 Å². The zero-order valence-electron chi connectivity index (χ0n) is 19.2. The lowest BCUT2D eigenvalue weighted by Crippen LogP contribution is -2.41. The maximum atomic E-state index is 5.38. The van der Waals surface area contributed by atoms with Gasteiger partial charge in [0.05, 0.1) is 7.11 Å². The molecule has 2 aromatic rings. The van der Waals surface area contributed by atoms with Crippen LogP contribution in [0.25, 0.3) is 10.8 Å². The van der Waals surface area contributed by atoms with Crippen molar-refractivity contribution in [1.82, 2.24) is 4.90 Å². The summed E-state index contributed by atoms with van der Waals surface area (Å²) >= 11 is 0. The summed E-state index contributed by atoms with van der Waals surface area (Å²) in [5.74, 6) is 2.55. The molecule has 0 amide bonds. The number of fused-ring (bicyclic) bond motifs is 1. The Balaban J connectivity index is 1.34. The van der Waals surface area contributed by atoms with Gasteiger partial charge in [0.15, 0.2) is 0 Å². The van der Waals surface area contributed by atoms with Gasteiger partial charge in [-0.05, 0) is 66.1 Å². The number of piperidine rings is 1. The monoisotopic (exact) mass is 407 g/mol. The van der Waals surface area contributed by atoms with Crippen LogP contribution < -0.4 is 4.74 Å². The third kappa shape index (κ3) is 5.58. The van der Waals surface area contributed by atoms with E-state index in [1.807, 2.05) is 0 Å². The van der Waals surface area contributed by atoms with Crippen LogP contribution in [0.15, 0.2) is 36.4 Å². The molecule has 164 valence electrons. The van der Waals surface area contributed by atoms with Crippen molar-refractivity contribution < 1.29 is 4.74 Å². The normalized spacial score (nSPS) is 22.3. The van der Waals surface area contributed by atoms with Gasteiger partial charge < -0.3 is 4.74 Å². The Kier molecular flexibility index (Phi) is 7.71. The van der Waals surface area contributed by atoms with Crippen LogP contribution in [0.2, 0.25) is 0 Å². The number of ether oxygens (including phenoxy) is 1. The van der Waals surface area contributed by atoms with Crippen molar-refractivity contribution in [3.8, 4) is 5.75 Å². The smallest absolute Gasteiger partial charge is 0.119 e. The van der Waals surface area contributed by atoms with Gasteiger partial charge in [-0.3, -0.25) is 4.90 Å².